The SMILES string of the molecule is OCCOc1ccc(Cc2ccccc2)cc1. The van der Waals surface area contributed by atoms with Crippen LogP contribution in [-0.4, -0.2) is 18.3 Å². The third-order valence-electron chi connectivity index (χ3n) is 2.53. The lowest BCUT2D eigenvalue weighted by molar-refractivity contribution is 0.201. The molecule has 0 aliphatic rings. The van der Waals surface area contributed by atoms with Gasteiger partial charge in [-0.05, 0) is 29.7 Å². The van der Waals surface area contributed by atoms with E-state index in [0.717, 1.165) is 12.2 Å². The number of benzene rings is 2. The van der Waals surface area contributed by atoms with Gasteiger partial charge in [-0.15, -0.1) is 0 Å². The average molecular weight is 228 g/mol. The van der Waals surface area contributed by atoms with Gasteiger partial charge in [-0.3, -0.25) is 0 Å². The average Bonchev–Trinajstić information content (AvgIpc) is 2.39. The van der Waals surface area contributed by atoms with E-state index < -0.39 is 0 Å². The van der Waals surface area contributed by atoms with Crippen molar-refractivity contribution >= 4 is 0 Å². The van der Waals surface area contributed by atoms with E-state index in [2.05, 4.69) is 24.3 Å². The minimum absolute atomic E-state index is 0.0474. The number of aliphatic hydroxyl groups excluding tert-OH is 1. The molecule has 88 valence electrons. The molecule has 1 N–H and O–H groups in total. The number of aliphatic hydroxyl groups is 1. The van der Waals surface area contributed by atoms with Crippen LogP contribution in [-0.2, 0) is 6.42 Å². The first kappa shape index (κ1) is 11.7. The van der Waals surface area contributed by atoms with Gasteiger partial charge in [-0.25, -0.2) is 0 Å². The molecule has 2 heteroatoms. The molecule has 2 aromatic rings. The van der Waals surface area contributed by atoms with E-state index >= 15 is 0 Å². The van der Waals surface area contributed by atoms with Gasteiger partial charge in [-0.1, -0.05) is 42.5 Å². The van der Waals surface area contributed by atoms with E-state index in [-0.39, 0.29) is 6.61 Å². The Balaban J connectivity index is 1.98. The van der Waals surface area contributed by atoms with Crippen LogP contribution in [0, 0.1) is 0 Å². The molecule has 0 heterocycles. The summed E-state index contributed by atoms with van der Waals surface area (Å²) in [5.74, 6) is 0.802. The summed E-state index contributed by atoms with van der Waals surface area (Å²) in [6.07, 6.45) is 0.932. The first-order valence-corrected chi connectivity index (χ1v) is 5.75. The maximum Gasteiger partial charge on any atom is 0.119 e. The summed E-state index contributed by atoms with van der Waals surface area (Å²) in [4.78, 5) is 0. The van der Waals surface area contributed by atoms with Crippen LogP contribution in [0.15, 0.2) is 54.6 Å². The van der Waals surface area contributed by atoms with E-state index in [1.807, 2.05) is 30.3 Å². The summed E-state index contributed by atoms with van der Waals surface area (Å²) < 4.78 is 5.31. The topological polar surface area (TPSA) is 29.5 Å². The van der Waals surface area contributed by atoms with Gasteiger partial charge in [0.05, 0.1) is 6.61 Å². The van der Waals surface area contributed by atoms with E-state index in [0.29, 0.717) is 6.61 Å². The Morgan fingerprint density at radius 2 is 1.47 bits per heavy atom. The molecule has 17 heavy (non-hydrogen) atoms. The number of ether oxygens (including phenoxy) is 1. The van der Waals surface area contributed by atoms with Gasteiger partial charge in [0.25, 0.3) is 0 Å². The van der Waals surface area contributed by atoms with Crippen molar-refractivity contribution in [3.63, 3.8) is 0 Å². The van der Waals surface area contributed by atoms with Crippen LogP contribution in [0.4, 0.5) is 0 Å². The number of hydrogen-bond donors (Lipinski definition) is 1. The van der Waals surface area contributed by atoms with Gasteiger partial charge >= 0.3 is 0 Å². The monoisotopic (exact) mass is 228 g/mol. The van der Waals surface area contributed by atoms with Crippen LogP contribution in [0.25, 0.3) is 0 Å². The lowest BCUT2D eigenvalue weighted by Crippen LogP contribution is -2.01. The minimum atomic E-state index is 0.0474. The Kier molecular flexibility index (Phi) is 4.17. The third kappa shape index (κ3) is 3.61. The van der Waals surface area contributed by atoms with Crippen LogP contribution < -0.4 is 4.74 Å². The lowest BCUT2D eigenvalue weighted by atomic mass is 10.1. The molecule has 2 aromatic carbocycles. The number of hydrogen-bond acceptors (Lipinski definition) is 2. The molecule has 2 rings (SSSR count). The largest absolute Gasteiger partial charge is 0.491 e. The van der Waals surface area contributed by atoms with Gasteiger partial charge in [0.1, 0.15) is 12.4 Å². The fourth-order valence-corrected chi connectivity index (χ4v) is 1.70. The van der Waals surface area contributed by atoms with Crippen molar-refractivity contribution < 1.29 is 9.84 Å². The Bertz CT molecular complexity index is 434. The summed E-state index contributed by atoms with van der Waals surface area (Å²) in [6, 6.07) is 18.4. The predicted molar refractivity (Wildman–Crippen MR) is 68.3 cm³/mol. The second kappa shape index (κ2) is 6.06. The van der Waals surface area contributed by atoms with E-state index in [9.17, 15) is 0 Å². The van der Waals surface area contributed by atoms with Crippen LogP contribution in [0.3, 0.4) is 0 Å². The summed E-state index contributed by atoms with van der Waals surface area (Å²) in [5, 5.41) is 8.65. The summed E-state index contributed by atoms with van der Waals surface area (Å²) in [7, 11) is 0. The van der Waals surface area contributed by atoms with E-state index in [1.54, 1.807) is 0 Å². The first-order chi connectivity index (χ1) is 8.38. The Morgan fingerprint density at radius 3 is 2.12 bits per heavy atom. The van der Waals surface area contributed by atoms with Gasteiger partial charge in [0.2, 0.25) is 0 Å². The van der Waals surface area contributed by atoms with Crippen molar-refractivity contribution in [1.29, 1.82) is 0 Å². The second-order valence-corrected chi connectivity index (χ2v) is 3.88. The third-order valence-corrected chi connectivity index (χ3v) is 2.53. The predicted octanol–water partition coefficient (Wildman–Crippen LogP) is 2.65. The standard InChI is InChI=1S/C15H16O2/c16-10-11-17-15-8-6-14(7-9-15)12-13-4-2-1-3-5-13/h1-9,16H,10-12H2. The molecule has 0 bridgehead atoms. The Labute approximate surface area is 101 Å². The van der Waals surface area contributed by atoms with Crippen molar-refractivity contribution in [2.24, 2.45) is 0 Å². The second-order valence-electron chi connectivity index (χ2n) is 3.88. The molecular formula is C15H16O2. The molecule has 0 fully saturated rings. The molecule has 0 saturated heterocycles. The molecular weight excluding hydrogens is 212 g/mol. The van der Waals surface area contributed by atoms with Crippen molar-refractivity contribution in [2.75, 3.05) is 13.2 Å². The summed E-state index contributed by atoms with van der Waals surface area (Å²) in [5.41, 5.74) is 2.56. The molecule has 0 radical (unpaired) electrons. The highest BCUT2D eigenvalue weighted by Crippen LogP contribution is 2.15. The normalized spacial score (nSPS) is 10.2. The van der Waals surface area contributed by atoms with Gasteiger partial charge in [0.15, 0.2) is 0 Å². The maximum atomic E-state index is 8.65. The van der Waals surface area contributed by atoms with Crippen LogP contribution in [0.2, 0.25) is 0 Å². The highest BCUT2D eigenvalue weighted by atomic mass is 16.5. The van der Waals surface area contributed by atoms with E-state index in [1.165, 1.54) is 11.1 Å². The smallest absolute Gasteiger partial charge is 0.119 e. The molecule has 0 spiro atoms. The molecule has 0 saturated carbocycles. The Morgan fingerprint density at radius 1 is 0.824 bits per heavy atom. The first-order valence-electron chi connectivity index (χ1n) is 5.75. The quantitative estimate of drug-likeness (QED) is 0.852. The molecule has 0 atom stereocenters. The van der Waals surface area contributed by atoms with Crippen molar-refractivity contribution in [1.82, 2.24) is 0 Å². The fourth-order valence-electron chi connectivity index (χ4n) is 1.70. The fraction of sp³-hybridized carbons (Fsp3) is 0.200. The van der Waals surface area contributed by atoms with Crippen molar-refractivity contribution in [3.8, 4) is 5.75 Å². The molecule has 0 aliphatic carbocycles. The molecule has 0 aliphatic heterocycles. The zero-order valence-corrected chi connectivity index (χ0v) is 9.67. The highest BCUT2D eigenvalue weighted by molar-refractivity contribution is 5.31. The summed E-state index contributed by atoms with van der Waals surface area (Å²) >= 11 is 0. The Hall–Kier alpha value is -1.80. The molecule has 2 nitrogen and oxygen atoms in total. The molecule has 0 amide bonds. The van der Waals surface area contributed by atoms with Gasteiger partial charge < -0.3 is 9.84 Å². The molecule has 0 unspecified atom stereocenters. The van der Waals surface area contributed by atoms with Gasteiger partial charge in [0, 0.05) is 0 Å². The zero-order chi connectivity index (χ0) is 11.9. The maximum absolute atomic E-state index is 8.65. The minimum Gasteiger partial charge on any atom is -0.491 e. The van der Waals surface area contributed by atoms with Crippen LogP contribution in [0.1, 0.15) is 11.1 Å². The lowest BCUT2D eigenvalue weighted by Gasteiger charge is -2.06. The van der Waals surface area contributed by atoms with Crippen molar-refractivity contribution in [2.45, 2.75) is 6.42 Å². The van der Waals surface area contributed by atoms with Gasteiger partial charge in [-0.2, -0.15) is 0 Å². The van der Waals surface area contributed by atoms with Crippen LogP contribution >= 0.6 is 0 Å². The van der Waals surface area contributed by atoms with Crippen LogP contribution in [0.5, 0.6) is 5.75 Å². The van der Waals surface area contributed by atoms with E-state index in [4.69, 9.17) is 9.84 Å². The zero-order valence-electron chi connectivity index (χ0n) is 9.67. The summed E-state index contributed by atoms with van der Waals surface area (Å²) in [6.45, 7) is 0.393. The van der Waals surface area contributed by atoms with Crippen molar-refractivity contribution in [3.05, 3.63) is 65.7 Å². The number of rotatable bonds is 5. The highest BCUT2D eigenvalue weighted by Gasteiger charge is 1.97. The molecule has 0 aromatic heterocycles.